The van der Waals surface area contributed by atoms with Crippen molar-refractivity contribution in [2.75, 3.05) is 24.5 Å². The van der Waals surface area contributed by atoms with E-state index in [1.54, 1.807) is 6.07 Å². The van der Waals surface area contributed by atoms with Crippen LogP contribution in [0, 0.1) is 23.1 Å². The van der Waals surface area contributed by atoms with Crippen LogP contribution in [-0.4, -0.2) is 58.8 Å². The fourth-order valence-electron chi connectivity index (χ4n) is 4.56. The van der Waals surface area contributed by atoms with Gasteiger partial charge in [0.2, 0.25) is 0 Å². The summed E-state index contributed by atoms with van der Waals surface area (Å²) >= 11 is 0. The number of carbonyl (C=O) groups is 2. The summed E-state index contributed by atoms with van der Waals surface area (Å²) in [5.41, 5.74) is 2.94. The van der Waals surface area contributed by atoms with Gasteiger partial charge in [-0.25, -0.2) is 4.39 Å². The highest BCUT2D eigenvalue weighted by molar-refractivity contribution is 5.91. The van der Waals surface area contributed by atoms with Crippen molar-refractivity contribution in [1.29, 1.82) is 5.26 Å². The van der Waals surface area contributed by atoms with Crippen molar-refractivity contribution < 1.29 is 24.2 Å². The molecule has 178 valence electrons. The normalized spacial score (nSPS) is 17.6. The molecule has 2 heterocycles. The number of hydrogen-bond donors (Lipinski definition) is 3. The Labute approximate surface area is 197 Å². The van der Waals surface area contributed by atoms with E-state index in [1.807, 2.05) is 35.2 Å². The molecular weight excluding hydrogens is 439 g/mol. The molecule has 0 aliphatic carbocycles. The third kappa shape index (κ3) is 5.03. The minimum Gasteiger partial charge on any atom is -0.380 e. The molecule has 2 amide bonds. The number of aliphatic hydroxyl groups excluding tert-OH is 2. The van der Waals surface area contributed by atoms with Crippen LogP contribution < -0.4 is 10.2 Å². The monoisotopic (exact) mass is 466 g/mol. The maximum Gasteiger partial charge on any atom is 0.255 e. The van der Waals surface area contributed by atoms with Crippen LogP contribution >= 0.6 is 0 Å². The smallest absolute Gasteiger partial charge is 0.255 e. The van der Waals surface area contributed by atoms with Gasteiger partial charge in [0.05, 0.1) is 11.3 Å². The fourth-order valence-corrected chi connectivity index (χ4v) is 4.56. The van der Waals surface area contributed by atoms with E-state index in [0.717, 1.165) is 24.0 Å². The quantitative estimate of drug-likeness (QED) is 0.591. The lowest BCUT2D eigenvalue weighted by Crippen LogP contribution is -2.50. The molecule has 0 aromatic heterocycles. The Morgan fingerprint density at radius 2 is 1.74 bits per heavy atom. The molecule has 9 heteroatoms. The number of benzene rings is 2. The number of nitrogens with one attached hydrogen (secondary N) is 1. The Morgan fingerprint density at radius 3 is 2.35 bits per heavy atom. The van der Waals surface area contributed by atoms with Crippen LogP contribution in [0.25, 0.3) is 0 Å². The van der Waals surface area contributed by atoms with Gasteiger partial charge in [0.15, 0.2) is 12.2 Å². The Kier molecular flexibility index (Phi) is 7.10. The second kappa shape index (κ2) is 10.2. The molecule has 0 bridgehead atoms. The van der Waals surface area contributed by atoms with E-state index in [9.17, 15) is 29.5 Å². The summed E-state index contributed by atoms with van der Waals surface area (Å²) in [4.78, 5) is 28.4. The van der Waals surface area contributed by atoms with Crippen molar-refractivity contribution in [2.24, 2.45) is 5.92 Å². The van der Waals surface area contributed by atoms with Crippen LogP contribution in [0.2, 0.25) is 0 Å². The van der Waals surface area contributed by atoms with Crippen LogP contribution in [0.5, 0.6) is 0 Å². The van der Waals surface area contributed by atoms with Gasteiger partial charge in [0, 0.05) is 32.7 Å². The zero-order valence-corrected chi connectivity index (χ0v) is 18.7. The summed E-state index contributed by atoms with van der Waals surface area (Å²) in [6.07, 6.45) is -2.23. The SMILES string of the molecule is N#Cc1cc(F)ccc1N1CCC(CNC(=O)[C@H](O)[C@@H](O)C(=O)N2Cc3ccccc3C2)CC1. The van der Waals surface area contributed by atoms with Crippen molar-refractivity contribution in [3.8, 4) is 6.07 Å². The van der Waals surface area contributed by atoms with Crippen molar-refractivity contribution in [1.82, 2.24) is 10.2 Å². The summed E-state index contributed by atoms with van der Waals surface area (Å²) in [6, 6.07) is 13.7. The lowest BCUT2D eigenvalue weighted by molar-refractivity contribution is -0.153. The second-order valence-electron chi connectivity index (χ2n) is 8.80. The molecule has 3 N–H and O–H groups in total. The van der Waals surface area contributed by atoms with E-state index in [4.69, 9.17) is 0 Å². The molecule has 34 heavy (non-hydrogen) atoms. The molecule has 2 aliphatic rings. The van der Waals surface area contributed by atoms with Gasteiger partial charge in [0.25, 0.3) is 11.8 Å². The summed E-state index contributed by atoms with van der Waals surface area (Å²) in [7, 11) is 0. The Hall–Kier alpha value is -3.48. The van der Waals surface area contributed by atoms with Gasteiger partial charge in [0.1, 0.15) is 11.9 Å². The number of nitrogens with zero attached hydrogens (tertiary/aromatic N) is 3. The van der Waals surface area contributed by atoms with E-state index in [1.165, 1.54) is 17.0 Å². The highest BCUT2D eigenvalue weighted by Crippen LogP contribution is 2.27. The van der Waals surface area contributed by atoms with Crippen LogP contribution in [0.3, 0.4) is 0 Å². The highest BCUT2D eigenvalue weighted by Gasteiger charge is 2.35. The predicted molar refractivity (Wildman–Crippen MR) is 122 cm³/mol. The minimum absolute atomic E-state index is 0.138. The molecule has 0 radical (unpaired) electrons. The van der Waals surface area contributed by atoms with Gasteiger partial charge < -0.3 is 25.3 Å². The first kappa shape index (κ1) is 23.7. The van der Waals surface area contributed by atoms with Crippen LogP contribution in [0.15, 0.2) is 42.5 Å². The molecular formula is C25H27FN4O4. The highest BCUT2D eigenvalue weighted by atomic mass is 19.1. The van der Waals surface area contributed by atoms with Gasteiger partial charge in [-0.1, -0.05) is 24.3 Å². The molecule has 1 saturated heterocycles. The average molecular weight is 467 g/mol. The second-order valence-corrected chi connectivity index (χ2v) is 8.80. The molecule has 0 spiro atoms. The van der Waals surface area contributed by atoms with Gasteiger partial charge in [-0.2, -0.15) is 5.26 Å². The zero-order chi connectivity index (χ0) is 24.2. The molecule has 2 aliphatic heterocycles. The number of piperidine rings is 1. The van der Waals surface area contributed by atoms with Gasteiger partial charge >= 0.3 is 0 Å². The predicted octanol–water partition coefficient (Wildman–Crippen LogP) is 1.29. The largest absolute Gasteiger partial charge is 0.380 e. The van der Waals surface area contributed by atoms with Crippen LogP contribution in [0.4, 0.5) is 10.1 Å². The van der Waals surface area contributed by atoms with E-state index in [2.05, 4.69) is 5.32 Å². The Balaban J connectivity index is 1.24. The first-order chi connectivity index (χ1) is 16.4. The minimum atomic E-state index is -1.85. The van der Waals surface area contributed by atoms with Gasteiger partial charge in [-0.15, -0.1) is 0 Å². The molecule has 1 fully saturated rings. The molecule has 0 saturated carbocycles. The fraction of sp³-hybridized carbons (Fsp3) is 0.400. The maximum absolute atomic E-state index is 13.4. The van der Waals surface area contributed by atoms with Gasteiger partial charge in [-0.05, 0) is 48.1 Å². The molecule has 2 aromatic carbocycles. The zero-order valence-electron chi connectivity index (χ0n) is 18.7. The first-order valence-corrected chi connectivity index (χ1v) is 11.3. The Bertz CT molecular complexity index is 1090. The standard InChI is InChI=1S/C25H27FN4O4/c26-20-5-6-21(19(11-20)12-27)29-9-7-16(8-10-29)13-28-24(33)22(31)23(32)25(34)30-14-17-3-1-2-4-18(17)15-30/h1-6,11,16,22-23,31-32H,7-10,13-15H2,(H,28,33)/t22-,23-/m1/s1. The lowest BCUT2D eigenvalue weighted by Gasteiger charge is -2.34. The topological polar surface area (TPSA) is 117 Å². The van der Waals surface area contributed by atoms with E-state index in [0.29, 0.717) is 38.4 Å². The number of nitriles is 1. The Morgan fingerprint density at radius 1 is 1.09 bits per heavy atom. The number of amides is 2. The molecule has 2 atom stereocenters. The third-order valence-corrected chi connectivity index (χ3v) is 6.57. The van der Waals surface area contributed by atoms with Crippen molar-refractivity contribution in [3.05, 3.63) is 65.0 Å². The summed E-state index contributed by atoms with van der Waals surface area (Å²) in [5.74, 6) is -1.78. The van der Waals surface area contributed by atoms with Gasteiger partial charge in [-0.3, -0.25) is 9.59 Å². The number of rotatable bonds is 6. The molecule has 8 nitrogen and oxygen atoms in total. The number of carbonyl (C=O) groups excluding carboxylic acids is 2. The third-order valence-electron chi connectivity index (χ3n) is 6.57. The molecule has 4 rings (SSSR count). The number of hydrogen-bond acceptors (Lipinski definition) is 6. The number of aliphatic hydroxyl groups is 2. The van der Waals surface area contributed by atoms with Crippen LogP contribution in [-0.2, 0) is 22.7 Å². The average Bonchev–Trinajstić information content (AvgIpc) is 3.30. The van der Waals surface area contributed by atoms with E-state index in [-0.39, 0.29) is 11.5 Å². The first-order valence-electron chi connectivity index (χ1n) is 11.3. The summed E-state index contributed by atoms with van der Waals surface area (Å²) in [6.45, 7) is 2.25. The van der Waals surface area contributed by atoms with E-state index < -0.39 is 29.8 Å². The molecule has 2 aromatic rings. The van der Waals surface area contributed by atoms with Crippen molar-refractivity contribution in [2.45, 2.75) is 38.1 Å². The van der Waals surface area contributed by atoms with E-state index >= 15 is 0 Å². The van der Waals surface area contributed by atoms with Crippen molar-refractivity contribution >= 4 is 17.5 Å². The maximum atomic E-state index is 13.4. The summed E-state index contributed by atoms with van der Waals surface area (Å²) < 4.78 is 13.4. The number of fused-ring (bicyclic) bond motifs is 1. The molecule has 0 unspecified atom stereocenters. The van der Waals surface area contributed by atoms with Crippen molar-refractivity contribution in [3.63, 3.8) is 0 Å². The van der Waals surface area contributed by atoms with Crippen LogP contribution in [0.1, 0.15) is 29.5 Å². The number of halogens is 1. The number of anilines is 1. The lowest BCUT2D eigenvalue weighted by atomic mass is 9.95. The summed E-state index contributed by atoms with van der Waals surface area (Å²) in [5, 5.41) is 32.5.